The normalized spacial score (nSPS) is 28.3. The van der Waals surface area contributed by atoms with Gasteiger partial charge in [-0.15, -0.1) is 0 Å². The Balaban J connectivity index is 1.62. The van der Waals surface area contributed by atoms with Crippen LogP contribution in [0.15, 0.2) is 30.3 Å². The molecule has 3 heterocycles. The minimum Gasteiger partial charge on any atom is -0.387 e. The van der Waals surface area contributed by atoms with Crippen molar-refractivity contribution in [2.45, 2.75) is 55.1 Å². The van der Waals surface area contributed by atoms with E-state index in [0.29, 0.717) is 12.2 Å². The average molecular weight is 509 g/mol. The molecule has 9 nitrogen and oxygen atoms in total. The summed E-state index contributed by atoms with van der Waals surface area (Å²) in [5, 5.41) is 24.7. The molecule has 0 spiro atoms. The Labute approximate surface area is 198 Å². The molecule has 0 aliphatic carbocycles. The highest BCUT2D eigenvalue weighted by Crippen LogP contribution is 2.26. The first kappa shape index (κ1) is 26.7. The SMILES string of the molecule is O=C(NCC1OC2OCCCOC1C(O)C2O)[C@H](CSCc1ccccc1)NC(=O)C(F)(F)F. The molecule has 3 fully saturated rings. The number of benzene rings is 1. The first-order chi connectivity index (χ1) is 16.2. The molecule has 4 N–H and O–H groups in total. The van der Waals surface area contributed by atoms with Gasteiger partial charge in [0.1, 0.15) is 30.5 Å². The Hall–Kier alpha value is -1.90. The third kappa shape index (κ3) is 7.30. The lowest BCUT2D eigenvalue weighted by molar-refractivity contribution is -0.292. The average Bonchev–Trinajstić information content (AvgIpc) is 2.94. The molecule has 5 unspecified atom stereocenters. The first-order valence-corrected chi connectivity index (χ1v) is 11.8. The highest BCUT2D eigenvalue weighted by atomic mass is 32.2. The van der Waals surface area contributed by atoms with Gasteiger partial charge in [0, 0.05) is 24.7 Å². The summed E-state index contributed by atoms with van der Waals surface area (Å²) in [5.74, 6) is -2.76. The summed E-state index contributed by atoms with van der Waals surface area (Å²) in [6.45, 7) is 0.203. The number of carbonyl (C=O) groups is 2. The molecule has 3 aliphatic rings. The molecule has 2 bridgehead atoms. The van der Waals surface area contributed by atoms with E-state index in [9.17, 15) is 33.0 Å². The van der Waals surface area contributed by atoms with Crippen LogP contribution >= 0.6 is 11.8 Å². The number of fused-ring (bicyclic) bond motifs is 6. The number of aliphatic hydroxyl groups is 2. The molecule has 3 aliphatic heterocycles. The Morgan fingerprint density at radius 3 is 2.53 bits per heavy atom. The standard InChI is InChI=1S/C21H27F3N2O7S/c22-21(23,24)20(30)26-13(11-34-10-12-5-2-1-3-6-12)18(29)25-9-14-17-15(27)16(28)19(33-14)32-8-4-7-31-17/h1-3,5-6,13-17,19,27-28H,4,7-11H2,(H,25,29)(H,26,30)/t13-,14?,15?,16?,17?,19?/m0/s1. The van der Waals surface area contributed by atoms with Gasteiger partial charge in [-0.25, -0.2) is 0 Å². The number of hydrogen-bond acceptors (Lipinski definition) is 8. The predicted molar refractivity (Wildman–Crippen MR) is 115 cm³/mol. The van der Waals surface area contributed by atoms with Gasteiger partial charge in [0.25, 0.3) is 0 Å². The number of halogens is 3. The van der Waals surface area contributed by atoms with E-state index >= 15 is 0 Å². The van der Waals surface area contributed by atoms with Crippen LogP contribution in [-0.2, 0) is 29.6 Å². The summed E-state index contributed by atoms with van der Waals surface area (Å²) in [5.41, 5.74) is 0.911. The minimum absolute atomic E-state index is 0.110. The van der Waals surface area contributed by atoms with Crippen LogP contribution in [0.4, 0.5) is 13.2 Å². The maximum Gasteiger partial charge on any atom is 0.471 e. The van der Waals surface area contributed by atoms with E-state index < -0.39 is 54.7 Å². The molecule has 3 saturated heterocycles. The maximum atomic E-state index is 12.8. The predicted octanol–water partition coefficient (Wildman–Crippen LogP) is 0.335. The fourth-order valence-corrected chi connectivity index (χ4v) is 4.52. The van der Waals surface area contributed by atoms with Crippen molar-refractivity contribution < 1.29 is 47.2 Å². The van der Waals surface area contributed by atoms with Gasteiger partial charge in [-0.2, -0.15) is 24.9 Å². The zero-order valence-corrected chi connectivity index (χ0v) is 18.9. The van der Waals surface area contributed by atoms with Gasteiger partial charge >= 0.3 is 12.1 Å². The van der Waals surface area contributed by atoms with Crippen molar-refractivity contribution in [2.24, 2.45) is 0 Å². The topological polar surface area (TPSA) is 126 Å². The lowest BCUT2D eigenvalue weighted by Gasteiger charge is -2.41. The fraction of sp³-hybridized carbons (Fsp3) is 0.619. The molecule has 0 saturated carbocycles. The lowest BCUT2D eigenvalue weighted by Crippen LogP contribution is -2.62. The van der Waals surface area contributed by atoms with Gasteiger partial charge in [-0.3, -0.25) is 9.59 Å². The monoisotopic (exact) mass is 508 g/mol. The third-order valence-corrected chi connectivity index (χ3v) is 6.38. The number of thioether (sulfide) groups is 1. The van der Waals surface area contributed by atoms with Crippen LogP contribution in [0.3, 0.4) is 0 Å². The minimum atomic E-state index is -5.14. The zero-order chi connectivity index (χ0) is 24.7. The second-order valence-electron chi connectivity index (χ2n) is 7.85. The Morgan fingerprint density at radius 2 is 1.82 bits per heavy atom. The van der Waals surface area contributed by atoms with E-state index in [4.69, 9.17) is 14.2 Å². The van der Waals surface area contributed by atoms with E-state index in [2.05, 4.69) is 5.32 Å². The van der Waals surface area contributed by atoms with Crippen LogP contribution in [0.5, 0.6) is 0 Å². The second kappa shape index (κ2) is 12.2. The largest absolute Gasteiger partial charge is 0.471 e. The number of ether oxygens (including phenoxy) is 3. The summed E-state index contributed by atoms with van der Waals surface area (Å²) >= 11 is 1.19. The molecule has 0 radical (unpaired) electrons. The van der Waals surface area contributed by atoms with E-state index in [-0.39, 0.29) is 25.5 Å². The molecule has 6 atom stereocenters. The van der Waals surface area contributed by atoms with E-state index in [1.165, 1.54) is 11.8 Å². The number of nitrogens with one attached hydrogen (secondary N) is 2. The second-order valence-corrected chi connectivity index (χ2v) is 8.88. The van der Waals surface area contributed by atoms with Crippen LogP contribution in [0.2, 0.25) is 0 Å². The van der Waals surface area contributed by atoms with Crippen molar-refractivity contribution >= 4 is 23.6 Å². The number of carbonyl (C=O) groups excluding carboxylic acids is 2. The first-order valence-electron chi connectivity index (χ1n) is 10.7. The van der Waals surface area contributed by atoms with Crippen LogP contribution in [0.1, 0.15) is 12.0 Å². The van der Waals surface area contributed by atoms with Crippen molar-refractivity contribution in [3.8, 4) is 0 Å². The maximum absolute atomic E-state index is 12.8. The van der Waals surface area contributed by atoms with Gasteiger partial charge in [0.2, 0.25) is 5.91 Å². The number of alkyl halides is 3. The molecule has 1 aromatic rings. The highest BCUT2D eigenvalue weighted by Gasteiger charge is 2.47. The molecule has 4 rings (SSSR count). The van der Waals surface area contributed by atoms with Crippen molar-refractivity contribution in [1.29, 1.82) is 0 Å². The molecule has 1 aromatic carbocycles. The molecule has 0 aromatic heterocycles. The van der Waals surface area contributed by atoms with Gasteiger partial charge in [-0.1, -0.05) is 30.3 Å². The smallest absolute Gasteiger partial charge is 0.387 e. The molecular weight excluding hydrogens is 481 g/mol. The van der Waals surface area contributed by atoms with Crippen molar-refractivity contribution in [2.75, 3.05) is 25.5 Å². The number of aliphatic hydroxyl groups excluding tert-OH is 2. The molecular formula is C21H27F3N2O7S. The van der Waals surface area contributed by atoms with Crippen molar-refractivity contribution in [3.63, 3.8) is 0 Å². The summed E-state index contributed by atoms with van der Waals surface area (Å²) in [6, 6.07) is 7.65. The number of amides is 2. The lowest BCUT2D eigenvalue weighted by atomic mass is 9.98. The quantitative estimate of drug-likeness (QED) is 0.396. The van der Waals surface area contributed by atoms with Gasteiger partial charge in [0.05, 0.1) is 6.61 Å². The Bertz CT molecular complexity index is 815. The summed E-state index contributed by atoms with van der Waals surface area (Å²) < 4.78 is 54.9. The van der Waals surface area contributed by atoms with Crippen LogP contribution in [0.25, 0.3) is 0 Å². The molecule has 2 amide bonds. The number of hydrogen-bond donors (Lipinski definition) is 4. The van der Waals surface area contributed by atoms with E-state index in [1.54, 1.807) is 5.32 Å². The van der Waals surface area contributed by atoms with Crippen molar-refractivity contribution in [3.05, 3.63) is 35.9 Å². The van der Waals surface area contributed by atoms with Gasteiger partial charge in [0.15, 0.2) is 6.29 Å². The zero-order valence-electron chi connectivity index (χ0n) is 18.1. The summed E-state index contributed by atoms with van der Waals surface area (Å²) in [6.07, 6.45) is -10.4. The Morgan fingerprint density at radius 1 is 1.12 bits per heavy atom. The fourth-order valence-electron chi connectivity index (χ4n) is 3.51. The summed E-state index contributed by atoms with van der Waals surface area (Å²) in [7, 11) is 0. The van der Waals surface area contributed by atoms with Crippen LogP contribution in [-0.4, -0.2) is 90.5 Å². The Kier molecular flexibility index (Phi) is 9.56. The molecule has 13 heteroatoms. The van der Waals surface area contributed by atoms with E-state index in [1.807, 2.05) is 30.3 Å². The highest BCUT2D eigenvalue weighted by molar-refractivity contribution is 7.98. The van der Waals surface area contributed by atoms with E-state index in [0.717, 1.165) is 5.56 Å². The van der Waals surface area contributed by atoms with Crippen LogP contribution < -0.4 is 10.6 Å². The van der Waals surface area contributed by atoms with Crippen LogP contribution in [0, 0.1) is 0 Å². The molecule has 190 valence electrons. The van der Waals surface area contributed by atoms with Gasteiger partial charge in [-0.05, 0) is 12.0 Å². The molecule has 34 heavy (non-hydrogen) atoms. The van der Waals surface area contributed by atoms with Gasteiger partial charge < -0.3 is 35.1 Å². The third-order valence-electron chi connectivity index (χ3n) is 5.27. The number of rotatable bonds is 8. The summed E-state index contributed by atoms with van der Waals surface area (Å²) in [4.78, 5) is 24.2. The van der Waals surface area contributed by atoms with Crippen molar-refractivity contribution in [1.82, 2.24) is 10.6 Å².